The first-order chi connectivity index (χ1) is 5.77. The van der Waals surface area contributed by atoms with E-state index in [-0.39, 0.29) is 6.04 Å². The van der Waals surface area contributed by atoms with Crippen LogP contribution >= 0.6 is 11.3 Å². The maximum absolute atomic E-state index is 8.58. The van der Waals surface area contributed by atoms with Gasteiger partial charge in [0.25, 0.3) is 0 Å². The SMILES string of the molecule is CCCC(N)c1csc(C#N)c1. The van der Waals surface area contributed by atoms with Crippen LogP contribution in [0.5, 0.6) is 0 Å². The summed E-state index contributed by atoms with van der Waals surface area (Å²) in [5.74, 6) is 0. The Morgan fingerprint density at radius 2 is 2.50 bits per heavy atom. The molecule has 1 heterocycles. The van der Waals surface area contributed by atoms with Gasteiger partial charge in [-0.05, 0) is 23.4 Å². The van der Waals surface area contributed by atoms with E-state index in [2.05, 4.69) is 13.0 Å². The summed E-state index contributed by atoms with van der Waals surface area (Å²) in [6.45, 7) is 2.11. The Morgan fingerprint density at radius 3 is 3.00 bits per heavy atom. The van der Waals surface area contributed by atoms with E-state index in [1.807, 2.05) is 11.4 Å². The van der Waals surface area contributed by atoms with Crippen LogP contribution in [0.2, 0.25) is 0 Å². The molecule has 0 saturated carbocycles. The van der Waals surface area contributed by atoms with Gasteiger partial charge in [-0.25, -0.2) is 0 Å². The normalized spacial score (nSPS) is 12.4. The predicted octanol–water partition coefficient (Wildman–Crippen LogP) is 2.42. The zero-order chi connectivity index (χ0) is 8.97. The number of nitrogens with zero attached hydrogens (tertiary/aromatic N) is 1. The first kappa shape index (κ1) is 9.24. The number of hydrogen-bond acceptors (Lipinski definition) is 3. The minimum atomic E-state index is 0.105. The van der Waals surface area contributed by atoms with E-state index in [0.717, 1.165) is 23.3 Å². The minimum Gasteiger partial charge on any atom is -0.324 e. The van der Waals surface area contributed by atoms with Crippen molar-refractivity contribution in [1.29, 1.82) is 5.26 Å². The van der Waals surface area contributed by atoms with E-state index >= 15 is 0 Å². The average Bonchev–Trinajstić information content (AvgIpc) is 2.52. The van der Waals surface area contributed by atoms with Gasteiger partial charge in [0.1, 0.15) is 10.9 Å². The Hall–Kier alpha value is -0.850. The van der Waals surface area contributed by atoms with Crippen LogP contribution in [0.4, 0.5) is 0 Å². The smallest absolute Gasteiger partial charge is 0.110 e. The van der Waals surface area contributed by atoms with E-state index in [9.17, 15) is 0 Å². The lowest BCUT2D eigenvalue weighted by Crippen LogP contribution is -2.08. The second-order valence-corrected chi connectivity index (χ2v) is 3.66. The summed E-state index contributed by atoms with van der Waals surface area (Å²) in [7, 11) is 0. The highest BCUT2D eigenvalue weighted by Crippen LogP contribution is 2.21. The summed E-state index contributed by atoms with van der Waals surface area (Å²) in [6, 6.07) is 4.09. The molecule has 2 N–H and O–H groups in total. The van der Waals surface area contributed by atoms with Gasteiger partial charge >= 0.3 is 0 Å². The second kappa shape index (κ2) is 4.24. The Bertz CT molecular complexity index is 285. The van der Waals surface area contributed by atoms with Gasteiger partial charge in [0.15, 0.2) is 0 Å². The minimum absolute atomic E-state index is 0.105. The molecular formula is C9H12N2S. The van der Waals surface area contributed by atoms with Crippen LogP contribution in [-0.4, -0.2) is 0 Å². The first-order valence-corrected chi connectivity index (χ1v) is 4.90. The predicted molar refractivity (Wildman–Crippen MR) is 50.9 cm³/mol. The molecule has 0 fully saturated rings. The Balaban J connectivity index is 2.69. The Labute approximate surface area is 76.6 Å². The van der Waals surface area contributed by atoms with Crippen LogP contribution in [0.15, 0.2) is 11.4 Å². The highest BCUT2D eigenvalue weighted by Gasteiger charge is 2.06. The molecule has 1 rings (SSSR count). The van der Waals surface area contributed by atoms with Crippen LogP contribution < -0.4 is 5.73 Å². The Morgan fingerprint density at radius 1 is 1.75 bits per heavy atom. The van der Waals surface area contributed by atoms with E-state index in [0.29, 0.717) is 0 Å². The monoisotopic (exact) mass is 180 g/mol. The molecule has 0 saturated heterocycles. The fourth-order valence-corrected chi connectivity index (χ4v) is 1.84. The van der Waals surface area contributed by atoms with Gasteiger partial charge in [0.05, 0.1) is 0 Å². The topological polar surface area (TPSA) is 49.8 Å². The lowest BCUT2D eigenvalue weighted by molar-refractivity contribution is 0.640. The molecule has 3 heteroatoms. The molecule has 1 atom stereocenters. The maximum Gasteiger partial charge on any atom is 0.110 e. The fourth-order valence-electron chi connectivity index (χ4n) is 1.08. The molecule has 2 nitrogen and oxygen atoms in total. The van der Waals surface area contributed by atoms with Crippen molar-refractivity contribution in [1.82, 2.24) is 0 Å². The first-order valence-electron chi connectivity index (χ1n) is 4.02. The van der Waals surface area contributed by atoms with Crippen molar-refractivity contribution < 1.29 is 0 Å². The number of nitrogens with two attached hydrogens (primary N) is 1. The molecule has 64 valence electrons. The van der Waals surface area contributed by atoms with Gasteiger partial charge < -0.3 is 5.73 Å². The van der Waals surface area contributed by atoms with E-state index in [1.165, 1.54) is 11.3 Å². The van der Waals surface area contributed by atoms with Crippen LogP contribution in [-0.2, 0) is 0 Å². The van der Waals surface area contributed by atoms with Crippen molar-refractivity contribution >= 4 is 11.3 Å². The van der Waals surface area contributed by atoms with Gasteiger partial charge in [-0.1, -0.05) is 13.3 Å². The van der Waals surface area contributed by atoms with E-state index < -0.39 is 0 Å². The third-order valence-electron chi connectivity index (χ3n) is 1.76. The number of thiophene rings is 1. The van der Waals surface area contributed by atoms with Crippen molar-refractivity contribution in [3.63, 3.8) is 0 Å². The second-order valence-electron chi connectivity index (χ2n) is 2.75. The number of nitriles is 1. The molecule has 1 aromatic rings. The third kappa shape index (κ3) is 2.07. The summed E-state index contributed by atoms with van der Waals surface area (Å²) in [5.41, 5.74) is 6.97. The Kier molecular flexibility index (Phi) is 3.27. The number of rotatable bonds is 3. The maximum atomic E-state index is 8.58. The molecule has 0 aliphatic heterocycles. The lowest BCUT2D eigenvalue weighted by Gasteiger charge is -2.06. The zero-order valence-corrected chi connectivity index (χ0v) is 7.90. The third-order valence-corrected chi connectivity index (χ3v) is 2.61. The molecule has 1 aromatic heterocycles. The highest BCUT2D eigenvalue weighted by molar-refractivity contribution is 7.10. The lowest BCUT2D eigenvalue weighted by atomic mass is 10.1. The van der Waals surface area contributed by atoms with Crippen molar-refractivity contribution in [3.8, 4) is 6.07 Å². The standard InChI is InChI=1S/C9H12N2S/c1-2-3-9(11)7-4-8(5-10)12-6-7/h4,6,9H,2-3,11H2,1H3. The van der Waals surface area contributed by atoms with Gasteiger partial charge in [-0.3, -0.25) is 0 Å². The van der Waals surface area contributed by atoms with Gasteiger partial charge in [-0.2, -0.15) is 5.26 Å². The van der Waals surface area contributed by atoms with Gasteiger partial charge in [0.2, 0.25) is 0 Å². The molecule has 0 aromatic carbocycles. The largest absolute Gasteiger partial charge is 0.324 e. The summed E-state index contributed by atoms with van der Waals surface area (Å²) in [4.78, 5) is 0.747. The van der Waals surface area contributed by atoms with Crippen molar-refractivity contribution in [2.75, 3.05) is 0 Å². The fraction of sp³-hybridized carbons (Fsp3) is 0.444. The molecule has 0 radical (unpaired) electrons. The highest BCUT2D eigenvalue weighted by atomic mass is 32.1. The van der Waals surface area contributed by atoms with Crippen LogP contribution in [0.25, 0.3) is 0 Å². The average molecular weight is 180 g/mol. The summed E-state index contributed by atoms with van der Waals surface area (Å²) >= 11 is 1.46. The van der Waals surface area contributed by atoms with Gasteiger partial charge in [0, 0.05) is 6.04 Å². The molecule has 0 aliphatic carbocycles. The van der Waals surface area contributed by atoms with Crippen molar-refractivity contribution in [3.05, 3.63) is 21.9 Å². The molecule has 0 spiro atoms. The van der Waals surface area contributed by atoms with Crippen LogP contribution in [0, 0.1) is 11.3 Å². The molecular weight excluding hydrogens is 168 g/mol. The molecule has 12 heavy (non-hydrogen) atoms. The summed E-state index contributed by atoms with van der Waals surface area (Å²) in [6.07, 6.45) is 2.07. The van der Waals surface area contributed by atoms with E-state index in [1.54, 1.807) is 0 Å². The summed E-state index contributed by atoms with van der Waals surface area (Å²) < 4.78 is 0. The molecule has 0 aliphatic rings. The zero-order valence-electron chi connectivity index (χ0n) is 7.08. The molecule has 0 amide bonds. The van der Waals surface area contributed by atoms with Gasteiger partial charge in [-0.15, -0.1) is 11.3 Å². The molecule has 0 bridgehead atoms. The van der Waals surface area contributed by atoms with E-state index in [4.69, 9.17) is 11.0 Å². The van der Waals surface area contributed by atoms with Crippen LogP contribution in [0.1, 0.15) is 36.2 Å². The summed E-state index contributed by atoms with van der Waals surface area (Å²) in [5, 5.41) is 10.6. The quantitative estimate of drug-likeness (QED) is 0.776. The van der Waals surface area contributed by atoms with Crippen LogP contribution in [0.3, 0.4) is 0 Å². The number of hydrogen-bond donors (Lipinski definition) is 1. The molecule has 1 unspecified atom stereocenters. The van der Waals surface area contributed by atoms with Crippen molar-refractivity contribution in [2.24, 2.45) is 5.73 Å². The van der Waals surface area contributed by atoms with Crippen molar-refractivity contribution in [2.45, 2.75) is 25.8 Å².